The van der Waals surface area contributed by atoms with E-state index in [1.807, 2.05) is 0 Å². The first kappa shape index (κ1) is 34.7. The molecular formula is C42H52Br2. The van der Waals surface area contributed by atoms with Crippen LogP contribution < -0.4 is 0 Å². The van der Waals surface area contributed by atoms with Crippen LogP contribution in [0.15, 0.2) is 69.6 Å². The summed E-state index contributed by atoms with van der Waals surface area (Å²) >= 11 is 7.75. The maximum atomic E-state index is 3.88. The van der Waals surface area contributed by atoms with Gasteiger partial charge in [0.05, 0.1) is 0 Å². The molecule has 0 aliphatic rings. The molecule has 0 nitrogen and oxygen atoms in total. The molecule has 0 heterocycles. The first-order valence-corrected chi connectivity index (χ1v) is 18.2. The Morgan fingerprint density at radius 2 is 0.614 bits per heavy atom. The van der Waals surface area contributed by atoms with E-state index in [1.165, 1.54) is 66.8 Å². The summed E-state index contributed by atoms with van der Waals surface area (Å²) in [4.78, 5) is 0. The van der Waals surface area contributed by atoms with Gasteiger partial charge in [-0.25, -0.2) is 0 Å². The lowest BCUT2D eigenvalue weighted by atomic mass is 9.77. The summed E-state index contributed by atoms with van der Waals surface area (Å²) in [6.07, 6.45) is 0. The van der Waals surface area contributed by atoms with Gasteiger partial charge < -0.3 is 0 Å². The quantitative estimate of drug-likeness (QED) is 0.162. The van der Waals surface area contributed by atoms with Crippen LogP contribution >= 0.6 is 31.9 Å². The first-order chi connectivity index (χ1) is 20.6. The van der Waals surface area contributed by atoms with Crippen LogP contribution in [0.1, 0.15) is 152 Å². The highest BCUT2D eigenvalue weighted by molar-refractivity contribution is 9.10. The van der Waals surface area contributed by atoms with Crippen LogP contribution in [0.5, 0.6) is 0 Å². The van der Waals surface area contributed by atoms with Gasteiger partial charge in [0.15, 0.2) is 0 Å². The van der Waals surface area contributed by atoms with Gasteiger partial charge in [-0.15, -0.1) is 0 Å². The van der Waals surface area contributed by atoms with Crippen molar-refractivity contribution in [1.29, 1.82) is 0 Å². The summed E-state index contributed by atoms with van der Waals surface area (Å²) in [6, 6.07) is 23.7. The van der Waals surface area contributed by atoms with Gasteiger partial charge in [-0.2, -0.15) is 0 Å². The summed E-state index contributed by atoms with van der Waals surface area (Å²) in [5, 5.41) is 0. The van der Waals surface area contributed by atoms with Crippen molar-refractivity contribution in [3.63, 3.8) is 0 Å². The average molecular weight is 717 g/mol. The molecule has 0 aliphatic heterocycles. The smallest absolute Gasteiger partial charge is 0.0181 e. The Kier molecular flexibility index (Phi) is 11.1. The fraction of sp³-hybridized carbons (Fsp3) is 0.429. The van der Waals surface area contributed by atoms with Crippen molar-refractivity contribution in [3.05, 3.63) is 103 Å². The monoisotopic (exact) mass is 714 g/mol. The molecule has 0 spiro atoms. The Morgan fingerprint density at radius 1 is 0.341 bits per heavy atom. The normalized spacial score (nSPS) is 12.2. The van der Waals surface area contributed by atoms with E-state index < -0.39 is 0 Å². The van der Waals surface area contributed by atoms with E-state index in [2.05, 4.69) is 176 Å². The SMILES string of the molecule is CC(C)c1cc(C(C)C)c(-c2cc(Br)ccc2-c2ccc(Br)cc2-c2c(C(C)C)cc(C(C)C)cc2C(C)C)c(C(C)C)c1. The van der Waals surface area contributed by atoms with Gasteiger partial charge in [0.2, 0.25) is 0 Å². The molecule has 0 bridgehead atoms. The molecule has 234 valence electrons. The van der Waals surface area contributed by atoms with E-state index in [9.17, 15) is 0 Å². The van der Waals surface area contributed by atoms with E-state index in [0.717, 1.165) is 8.95 Å². The molecule has 44 heavy (non-hydrogen) atoms. The second-order valence-corrected chi connectivity index (χ2v) is 16.3. The van der Waals surface area contributed by atoms with E-state index in [4.69, 9.17) is 0 Å². The van der Waals surface area contributed by atoms with E-state index in [1.54, 1.807) is 0 Å². The lowest BCUT2D eigenvalue weighted by Crippen LogP contribution is -2.06. The fourth-order valence-electron chi connectivity index (χ4n) is 6.45. The minimum absolute atomic E-state index is 0.404. The van der Waals surface area contributed by atoms with Crippen molar-refractivity contribution in [2.24, 2.45) is 0 Å². The largest absolute Gasteiger partial charge is 0.0587 e. The highest BCUT2D eigenvalue weighted by Crippen LogP contribution is 2.48. The van der Waals surface area contributed by atoms with Gasteiger partial charge >= 0.3 is 0 Å². The number of halogens is 2. The molecule has 0 saturated carbocycles. The lowest BCUT2D eigenvalue weighted by molar-refractivity contribution is 0.807. The summed E-state index contributed by atoms with van der Waals surface area (Å²) < 4.78 is 2.22. The summed E-state index contributed by atoms with van der Waals surface area (Å²) in [6.45, 7) is 28.0. The van der Waals surface area contributed by atoms with Crippen LogP contribution in [0, 0.1) is 0 Å². The minimum atomic E-state index is 0.404. The predicted octanol–water partition coefficient (Wildman–Crippen LogP) is 15.0. The first-order valence-electron chi connectivity index (χ1n) is 16.6. The van der Waals surface area contributed by atoms with Crippen molar-refractivity contribution in [2.45, 2.75) is 119 Å². The molecule has 0 radical (unpaired) electrons. The topological polar surface area (TPSA) is 0 Å². The van der Waals surface area contributed by atoms with Gasteiger partial charge in [0, 0.05) is 8.95 Å². The van der Waals surface area contributed by atoms with Gasteiger partial charge in [0.25, 0.3) is 0 Å². The molecule has 0 fully saturated rings. The molecule has 4 aromatic carbocycles. The summed E-state index contributed by atoms with van der Waals surface area (Å²) in [7, 11) is 0. The minimum Gasteiger partial charge on any atom is -0.0587 e. The second kappa shape index (κ2) is 14.1. The molecule has 0 aliphatic carbocycles. The van der Waals surface area contributed by atoms with Crippen LogP contribution in [0.3, 0.4) is 0 Å². The number of hydrogen-bond donors (Lipinski definition) is 0. The molecular weight excluding hydrogens is 664 g/mol. The fourth-order valence-corrected chi connectivity index (χ4v) is 7.17. The molecule has 0 unspecified atom stereocenters. The zero-order valence-electron chi connectivity index (χ0n) is 29.0. The predicted molar refractivity (Wildman–Crippen MR) is 203 cm³/mol. The van der Waals surface area contributed by atoms with Gasteiger partial charge in [0.1, 0.15) is 0 Å². The zero-order chi connectivity index (χ0) is 32.6. The summed E-state index contributed by atoms with van der Waals surface area (Å²) in [5.74, 6) is 2.58. The highest BCUT2D eigenvalue weighted by Gasteiger charge is 2.25. The van der Waals surface area contributed by atoms with Crippen LogP contribution in [-0.2, 0) is 0 Å². The highest BCUT2D eigenvalue weighted by atomic mass is 79.9. The van der Waals surface area contributed by atoms with Gasteiger partial charge in [-0.05, 0) is 127 Å². The molecule has 0 aromatic heterocycles. The number of benzene rings is 4. The third-order valence-electron chi connectivity index (χ3n) is 9.06. The van der Waals surface area contributed by atoms with Crippen molar-refractivity contribution in [1.82, 2.24) is 0 Å². The van der Waals surface area contributed by atoms with E-state index >= 15 is 0 Å². The Hall–Kier alpha value is -2.16. The maximum absolute atomic E-state index is 3.88. The average Bonchev–Trinajstić information content (AvgIpc) is 2.95. The van der Waals surface area contributed by atoms with Gasteiger partial charge in [-0.1, -0.05) is 151 Å². The van der Waals surface area contributed by atoms with Crippen LogP contribution in [0.25, 0.3) is 33.4 Å². The van der Waals surface area contributed by atoms with E-state index in [0.29, 0.717) is 35.5 Å². The van der Waals surface area contributed by atoms with Crippen molar-refractivity contribution >= 4 is 31.9 Å². The third-order valence-corrected chi connectivity index (χ3v) is 10.0. The van der Waals surface area contributed by atoms with Crippen LogP contribution in [0.2, 0.25) is 0 Å². The third kappa shape index (κ3) is 7.13. The Bertz CT molecular complexity index is 1450. The Balaban J connectivity index is 2.17. The second-order valence-electron chi connectivity index (χ2n) is 14.5. The molecule has 0 atom stereocenters. The number of hydrogen-bond acceptors (Lipinski definition) is 0. The Morgan fingerprint density at radius 3 is 0.841 bits per heavy atom. The summed E-state index contributed by atoms with van der Waals surface area (Å²) in [5.41, 5.74) is 16.6. The van der Waals surface area contributed by atoms with Crippen LogP contribution in [0.4, 0.5) is 0 Å². The van der Waals surface area contributed by atoms with Crippen molar-refractivity contribution in [3.8, 4) is 33.4 Å². The zero-order valence-corrected chi connectivity index (χ0v) is 32.2. The van der Waals surface area contributed by atoms with Crippen LogP contribution in [-0.4, -0.2) is 0 Å². The standard InChI is InChI=1S/C42H52Br2/c1-23(2)29-17-35(25(5)6)41(36(18-29)26(7)8)39-21-31(43)13-15-33(39)34-16-14-32(44)22-40(34)42-37(27(9)10)19-30(24(3)4)20-38(42)28(11)12/h13-28H,1-12H3. The Labute approximate surface area is 285 Å². The number of rotatable bonds is 9. The molecule has 0 amide bonds. The maximum Gasteiger partial charge on any atom is 0.0181 e. The van der Waals surface area contributed by atoms with E-state index in [-0.39, 0.29) is 0 Å². The molecule has 0 saturated heterocycles. The molecule has 4 aromatic rings. The lowest BCUT2D eigenvalue weighted by Gasteiger charge is -2.27. The van der Waals surface area contributed by atoms with Crippen molar-refractivity contribution in [2.75, 3.05) is 0 Å². The molecule has 2 heteroatoms. The van der Waals surface area contributed by atoms with Crippen molar-refractivity contribution < 1.29 is 0 Å². The molecule has 0 N–H and O–H groups in total. The van der Waals surface area contributed by atoms with Gasteiger partial charge in [-0.3, -0.25) is 0 Å². The molecule has 4 rings (SSSR count).